The highest BCUT2D eigenvalue weighted by atomic mass is 14.5. The predicted octanol–water partition coefficient (Wildman–Crippen LogP) is 1.25. The van der Waals surface area contributed by atoms with E-state index in [1.165, 1.54) is 11.1 Å². The van der Waals surface area contributed by atoms with Crippen LogP contribution in [0.15, 0.2) is 24.3 Å². The van der Waals surface area contributed by atoms with E-state index in [2.05, 4.69) is 31.2 Å². The van der Waals surface area contributed by atoms with Crippen LogP contribution in [0.4, 0.5) is 0 Å². The smallest absolute Gasteiger partial charge is 0.00109 e. The van der Waals surface area contributed by atoms with Crippen LogP contribution in [0.1, 0.15) is 24.0 Å². The number of hydrogen-bond acceptors (Lipinski definition) is 2. The summed E-state index contributed by atoms with van der Waals surface area (Å²) in [6.07, 6.45) is 0.950. The molecule has 0 heterocycles. The molecule has 1 unspecified atom stereocenters. The Bertz CT molecular complexity index is 258. The summed E-state index contributed by atoms with van der Waals surface area (Å²) in [5, 5.41) is 0. The summed E-state index contributed by atoms with van der Waals surface area (Å²) in [5.41, 5.74) is 13.7. The van der Waals surface area contributed by atoms with Gasteiger partial charge >= 0.3 is 0 Å². The molecule has 0 radical (unpaired) electrons. The van der Waals surface area contributed by atoms with E-state index in [1.807, 2.05) is 0 Å². The van der Waals surface area contributed by atoms with E-state index in [-0.39, 0.29) is 0 Å². The molecule has 72 valence electrons. The maximum absolute atomic E-state index is 5.60. The van der Waals surface area contributed by atoms with Crippen molar-refractivity contribution in [1.82, 2.24) is 0 Å². The Hall–Kier alpha value is -0.860. The normalized spacial score (nSPS) is 12.8. The molecule has 0 aliphatic heterocycles. The molecule has 0 bridgehead atoms. The van der Waals surface area contributed by atoms with Crippen molar-refractivity contribution in [2.75, 3.05) is 13.1 Å². The molecule has 1 aromatic carbocycles. The highest BCUT2D eigenvalue weighted by Crippen LogP contribution is 2.15. The van der Waals surface area contributed by atoms with Crippen molar-refractivity contribution in [2.45, 2.75) is 19.3 Å². The fourth-order valence-electron chi connectivity index (χ4n) is 1.36. The fourth-order valence-corrected chi connectivity index (χ4v) is 1.36. The molecular formula is C11H18N2. The van der Waals surface area contributed by atoms with E-state index in [1.54, 1.807) is 0 Å². The van der Waals surface area contributed by atoms with Gasteiger partial charge in [0.1, 0.15) is 0 Å². The van der Waals surface area contributed by atoms with Crippen molar-refractivity contribution in [3.8, 4) is 0 Å². The molecule has 1 rings (SSSR count). The monoisotopic (exact) mass is 178 g/mol. The van der Waals surface area contributed by atoms with E-state index in [4.69, 9.17) is 11.5 Å². The summed E-state index contributed by atoms with van der Waals surface area (Å²) in [7, 11) is 0. The molecule has 0 amide bonds. The van der Waals surface area contributed by atoms with E-state index in [0.717, 1.165) is 6.42 Å². The van der Waals surface area contributed by atoms with Gasteiger partial charge in [0.2, 0.25) is 0 Å². The van der Waals surface area contributed by atoms with E-state index < -0.39 is 0 Å². The molecule has 2 heteroatoms. The van der Waals surface area contributed by atoms with Gasteiger partial charge in [-0.3, -0.25) is 0 Å². The molecule has 1 atom stereocenters. The summed E-state index contributed by atoms with van der Waals surface area (Å²) in [4.78, 5) is 0. The van der Waals surface area contributed by atoms with Crippen molar-refractivity contribution in [3.05, 3.63) is 35.4 Å². The van der Waals surface area contributed by atoms with Crippen molar-refractivity contribution in [1.29, 1.82) is 0 Å². The van der Waals surface area contributed by atoms with Crippen LogP contribution in [0.3, 0.4) is 0 Å². The Kier molecular flexibility index (Phi) is 3.93. The van der Waals surface area contributed by atoms with Crippen molar-refractivity contribution >= 4 is 0 Å². The van der Waals surface area contributed by atoms with Crippen LogP contribution in [0.25, 0.3) is 0 Å². The zero-order valence-electron chi connectivity index (χ0n) is 8.16. The van der Waals surface area contributed by atoms with E-state index >= 15 is 0 Å². The molecule has 0 aliphatic rings. The standard InChI is InChI=1S/C11H18N2/c1-9(8-13)11-4-2-3-10(7-11)5-6-12/h2-4,7,9H,5-6,8,12-13H2,1H3. The molecule has 0 aliphatic carbocycles. The lowest BCUT2D eigenvalue weighted by Crippen LogP contribution is -2.09. The van der Waals surface area contributed by atoms with Gasteiger partial charge in [-0.2, -0.15) is 0 Å². The Morgan fingerprint density at radius 2 is 2.08 bits per heavy atom. The van der Waals surface area contributed by atoms with Crippen molar-refractivity contribution < 1.29 is 0 Å². The molecule has 13 heavy (non-hydrogen) atoms. The van der Waals surface area contributed by atoms with Gasteiger partial charge in [0.05, 0.1) is 0 Å². The minimum atomic E-state index is 0.442. The Balaban J connectivity index is 2.78. The maximum Gasteiger partial charge on any atom is -0.00109 e. The first-order valence-corrected chi connectivity index (χ1v) is 4.77. The van der Waals surface area contributed by atoms with Gasteiger partial charge in [0, 0.05) is 0 Å². The second-order valence-corrected chi connectivity index (χ2v) is 3.42. The largest absolute Gasteiger partial charge is 0.330 e. The van der Waals surface area contributed by atoms with Gasteiger partial charge in [-0.25, -0.2) is 0 Å². The fraction of sp³-hybridized carbons (Fsp3) is 0.455. The van der Waals surface area contributed by atoms with Crippen LogP contribution < -0.4 is 11.5 Å². The molecule has 0 fully saturated rings. The quantitative estimate of drug-likeness (QED) is 0.729. The van der Waals surface area contributed by atoms with E-state index in [9.17, 15) is 0 Å². The summed E-state index contributed by atoms with van der Waals surface area (Å²) in [6, 6.07) is 8.51. The third-order valence-electron chi connectivity index (χ3n) is 2.31. The minimum absolute atomic E-state index is 0.442. The van der Waals surface area contributed by atoms with E-state index in [0.29, 0.717) is 19.0 Å². The molecule has 0 aromatic heterocycles. The molecule has 1 aromatic rings. The highest BCUT2D eigenvalue weighted by molar-refractivity contribution is 5.26. The second kappa shape index (κ2) is 5.00. The van der Waals surface area contributed by atoms with Crippen LogP contribution in [-0.4, -0.2) is 13.1 Å². The molecule has 4 N–H and O–H groups in total. The Morgan fingerprint density at radius 3 is 2.69 bits per heavy atom. The first-order valence-electron chi connectivity index (χ1n) is 4.77. The summed E-state index contributed by atoms with van der Waals surface area (Å²) in [6.45, 7) is 3.55. The Labute approximate surface area is 79.9 Å². The number of nitrogens with two attached hydrogens (primary N) is 2. The average Bonchev–Trinajstić information content (AvgIpc) is 2.18. The summed E-state index contributed by atoms with van der Waals surface area (Å²) >= 11 is 0. The molecule has 2 nitrogen and oxygen atoms in total. The lowest BCUT2D eigenvalue weighted by molar-refractivity contribution is 0.771. The molecule has 0 saturated carbocycles. The molecule has 0 spiro atoms. The SMILES string of the molecule is CC(CN)c1cccc(CCN)c1. The van der Waals surface area contributed by atoms with Crippen molar-refractivity contribution in [3.63, 3.8) is 0 Å². The van der Waals surface area contributed by atoms with Gasteiger partial charge in [-0.05, 0) is 36.6 Å². The zero-order chi connectivity index (χ0) is 9.68. The Morgan fingerprint density at radius 1 is 1.31 bits per heavy atom. The van der Waals surface area contributed by atoms with Gasteiger partial charge in [0.25, 0.3) is 0 Å². The topological polar surface area (TPSA) is 52.0 Å². The first-order chi connectivity index (χ1) is 6.27. The zero-order valence-corrected chi connectivity index (χ0v) is 8.16. The van der Waals surface area contributed by atoms with Gasteiger partial charge in [-0.1, -0.05) is 31.2 Å². The van der Waals surface area contributed by atoms with Gasteiger partial charge < -0.3 is 11.5 Å². The van der Waals surface area contributed by atoms with Crippen LogP contribution >= 0.6 is 0 Å². The van der Waals surface area contributed by atoms with Crippen LogP contribution in [-0.2, 0) is 6.42 Å². The van der Waals surface area contributed by atoms with Crippen LogP contribution in [0.2, 0.25) is 0 Å². The average molecular weight is 178 g/mol. The predicted molar refractivity (Wildman–Crippen MR) is 56.7 cm³/mol. The van der Waals surface area contributed by atoms with Gasteiger partial charge in [0.15, 0.2) is 0 Å². The summed E-state index contributed by atoms with van der Waals surface area (Å²) in [5.74, 6) is 0.442. The summed E-state index contributed by atoms with van der Waals surface area (Å²) < 4.78 is 0. The lowest BCUT2D eigenvalue weighted by Gasteiger charge is -2.10. The van der Waals surface area contributed by atoms with Crippen molar-refractivity contribution in [2.24, 2.45) is 11.5 Å². The number of benzene rings is 1. The van der Waals surface area contributed by atoms with Crippen LogP contribution in [0, 0.1) is 0 Å². The first kappa shape index (κ1) is 10.2. The second-order valence-electron chi connectivity index (χ2n) is 3.42. The van der Waals surface area contributed by atoms with Crippen LogP contribution in [0.5, 0.6) is 0 Å². The number of rotatable bonds is 4. The third kappa shape index (κ3) is 2.83. The lowest BCUT2D eigenvalue weighted by atomic mass is 9.98. The maximum atomic E-state index is 5.60. The minimum Gasteiger partial charge on any atom is -0.330 e. The highest BCUT2D eigenvalue weighted by Gasteiger charge is 2.02. The molecule has 0 saturated heterocycles. The third-order valence-corrected chi connectivity index (χ3v) is 2.31. The van der Waals surface area contributed by atoms with Gasteiger partial charge in [-0.15, -0.1) is 0 Å². The number of hydrogen-bond donors (Lipinski definition) is 2. The molecular weight excluding hydrogens is 160 g/mol.